The molecule has 1 aliphatic rings. The number of nitrogen functional groups attached to an aromatic ring is 1. The molecule has 0 saturated carbocycles. The highest BCUT2D eigenvalue weighted by atomic mass is 19.2. The van der Waals surface area contributed by atoms with E-state index in [2.05, 4.69) is 15.0 Å². The SMILES string of the molecule is Nc1ncnc2c1ncn2[C@@H]1O[C@H]([C@H](O)c2ccc(F)c(F)c2)[C@@H](O)[C@H]1O. The normalized spacial score (nSPS) is 26.6. The van der Waals surface area contributed by atoms with Gasteiger partial charge in [0.05, 0.1) is 6.33 Å². The molecule has 0 spiro atoms. The van der Waals surface area contributed by atoms with Gasteiger partial charge in [0.1, 0.15) is 36.3 Å². The second kappa shape index (κ2) is 6.46. The van der Waals surface area contributed by atoms with Gasteiger partial charge in [-0.25, -0.2) is 23.7 Å². The second-order valence-electron chi connectivity index (χ2n) is 6.17. The summed E-state index contributed by atoms with van der Waals surface area (Å²) in [5.74, 6) is -2.09. The Kier molecular flexibility index (Phi) is 4.23. The Morgan fingerprint density at radius 1 is 1.11 bits per heavy atom. The fraction of sp³-hybridized carbons (Fsp3) is 0.312. The van der Waals surface area contributed by atoms with E-state index in [9.17, 15) is 24.1 Å². The van der Waals surface area contributed by atoms with Gasteiger partial charge in [-0.2, -0.15) is 0 Å². The summed E-state index contributed by atoms with van der Waals surface area (Å²) in [5, 5.41) is 31.1. The molecule has 27 heavy (non-hydrogen) atoms. The van der Waals surface area contributed by atoms with Crippen LogP contribution in [0.25, 0.3) is 11.2 Å². The van der Waals surface area contributed by atoms with Gasteiger partial charge in [-0.15, -0.1) is 0 Å². The Bertz CT molecular complexity index is 1000. The predicted octanol–water partition coefficient (Wildman–Crippen LogP) is 0.0395. The first-order valence-electron chi connectivity index (χ1n) is 7.96. The van der Waals surface area contributed by atoms with Crippen molar-refractivity contribution in [2.45, 2.75) is 30.6 Å². The smallest absolute Gasteiger partial charge is 0.167 e. The molecule has 0 radical (unpaired) electrons. The van der Waals surface area contributed by atoms with Crippen molar-refractivity contribution in [3.63, 3.8) is 0 Å². The highest BCUT2D eigenvalue weighted by Gasteiger charge is 2.47. The standard InChI is InChI=1S/C16H15F2N5O4/c17-7-2-1-6(3-8(7)18)10(24)13-11(25)12(26)16(27-13)23-5-22-9-14(19)20-4-21-15(9)23/h1-5,10-13,16,24-26H,(H2,19,20,21)/t10-,11+,12-,13-,16-/m1/s1. The molecule has 0 amide bonds. The van der Waals surface area contributed by atoms with Crippen LogP contribution >= 0.6 is 0 Å². The molecule has 4 rings (SSSR count). The predicted molar refractivity (Wildman–Crippen MR) is 87.0 cm³/mol. The summed E-state index contributed by atoms with van der Waals surface area (Å²) in [4.78, 5) is 11.9. The second-order valence-corrected chi connectivity index (χ2v) is 6.17. The third kappa shape index (κ3) is 2.80. The van der Waals surface area contributed by atoms with Crippen LogP contribution in [-0.4, -0.2) is 53.2 Å². The lowest BCUT2D eigenvalue weighted by atomic mass is 9.99. The number of anilines is 1. The van der Waals surface area contributed by atoms with E-state index in [0.717, 1.165) is 12.1 Å². The maximum absolute atomic E-state index is 13.4. The Hall–Kier alpha value is -2.73. The quantitative estimate of drug-likeness (QED) is 0.500. The number of fused-ring (bicyclic) bond motifs is 1. The summed E-state index contributed by atoms with van der Waals surface area (Å²) in [7, 11) is 0. The van der Waals surface area contributed by atoms with E-state index in [1.807, 2.05) is 0 Å². The monoisotopic (exact) mass is 379 g/mol. The molecule has 0 unspecified atom stereocenters. The van der Waals surface area contributed by atoms with Gasteiger partial charge in [0.15, 0.2) is 29.3 Å². The Balaban J connectivity index is 1.66. The Labute approximate surface area is 150 Å². The number of aliphatic hydroxyl groups is 3. The van der Waals surface area contributed by atoms with E-state index < -0.39 is 42.3 Å². The highest BCUT2D eigenvalue weighted by Crippen LogP contribution is 2.37. The molecule has 9 nitrogen and oxygen atoms in total. The number of rotatable bonds is 3. The lowest BCUT2D eigenvalue weighted by Gasteiger charge is -2.21. The number of benzene rings is 1. The average Bonchev–Trinajstić information content (AvgIpc) is 3.20. The van der Waals surface area contributed by atoms with Gasteiger partial charge < -0.3 is 25.8 Å². The fourth-order valence-electron chi connectivity index (χ4n) is 3.12. The molecule has 3 heterocycles. The van der Waals surface area contributed by atoms with Crippen LogP contribution in [0.15, 0.2) is 30.9 Å². The van der Waals surface area contributed by atoms with Crippen LogP contribution in [0.1, 0.15) is 17.9 Å². The molecule has 0 aliphatic carbocycles. The van der Waals surface area contributed by atoms with Gasteiger partial charge in [-0.05, 0) is 17.7 Å². The lowest BCUT2D eigenvalue weighted by molar-refractivity contribution is -0.0850. The number of nitrogens with zero attached hydrogens (tertiary/aromatic N) is 4. The summed E-state index contributed by atoms with van der Waals surface area (Å²) in [5.41, 5.74) is 6.27. The topological polar surface area (TPSA) is 140 Å². The van der Waals surface area contributed by atoms with E-state index in [4.69, 9.17) is 10.5 Å². The molecule has 0 bridgehead atoms. The minimum Gasteiger partial charge on any atom is -0.387 e. The minimum atomic E-state index is -1.51. The fourth-order valence-corrected chi connectivity index (χ4v) is 3.12. The van der Waals surface area contributed by atoms with Crippen LogP contribution in [0.2, 0.25) is 0 Å². The first-order valence-corrected chi connectivity index (χ1v) is 7.96. The number of ether oxygens (including phenoxy) is 1. The van der Waals surface area contributed by atoms with Crippen molar-refractivity contribution in [3.05, 3.63) is 48.1 Å². The third-order valence-electron chi connectivity index (χ3n) is 4.53. The zero-order valence-electron chi connectivity index (χ0n) is 13.6. The first-order chi connectivity index (χ1) is 12.9. The van der Waals surface area contributed by atoms with E-state index in [0.29, 0.717) is 0 Å². The van der Waals surface area contributed by atoms with E-state index in [-0.39, 0.29) is 22.5 Å². The largest absolute Gasteiger partial charge is 0.387 e. The van der Waals surface area contributed by atoms with Gasteiger partial charge in [-0.3, -0.25) is 4.57 Å². The van der Waals surface area contributed by atoms with E-state index in [1.54, 1.807) is 0 Å². The zero-order valence-corrected chi connectivity index (χ0v) is 13.6. The third-order valence-corrected chi connectivity index (χ3v) is 4.53. The van der Waals surface area contributed by atoms with Gasteiger partial charge >= 0.3 is 0 Å². The molecule has 1 saturated heterocycles. The molecule has 1 fully saturated rings. The number of aromatic nitrogens is 4. The van der Waals surface area contributed by atoms with Gasteiger partial charge in [0.25, 0.3) is 0 Å². The van der Waals surface area contributed by atoms with Gasteiger partial charge in [0, 0.05) is 0 Å². The van der Waals surface area contributed by atoms with Crippen LogP contribution in [0, 0.1) is 11.6 Å². The molecule has 142 valence electrons. The van der Waals surface area contributed by atoms with E-state index in [1.165, 1.54) is 23.3 Å². The van der Waals surface area contributed by atoms with Crippen molar-refractivity contribution in [1.82, 2.24) is 19.5 Å². The van der Waals surface area contributed by atoms with Crippen LogP contribution in [-0.2, 0) is 4.74 Å². The number of aliphatic hydroxyl groups excluding tert-OH is 3. The molecule has 1 aromatic carbocycles. The van der Waals surface area contributed by atoms with Crippen LogP contribution in [0.5, 0.6) is 0 Å². The molecule has 5 atom stereocenters. The minimum absolute atomic E-state index is 0.00661. The van der Waals surface area contributed by atoms with Crippen molar-refractivity contribution in [1.29, 1.82) is 0 Å². The zero-order chi connectivity index (χ0) is 19.3. The number of nitrogens with two attached hydrogens (primary N) is 1. The number of imidazole rings is 1. The van der Waals surface area contributed by atoms with Crippen molar-refractivity contribution in [3.8, 4) is 0 Å². The first kappa shape index (κ1) is 17.7. The van der Waals surface area contributed by atoms with Crippen molar-refractivity contribution in [2.75, 3.05) is 5.73 Å². The van der Waals surface area contributed by atoms with Crippen molar-refractivity contribution in [2.24, 2.45) is 0 Å². The van der Waals surface area contributed by atoms with Crippen LogP contribution in [0.3, 0.4) is 0 Å². The molecular weight excluding hydrogens is 364 g/mol. The van der Waals surface area contributed by atoms with Crippen molar-refractivity contribution >= 4 is 17.0 Å². The molecule has 11 heteroatoms. The van der Waals surface area contributed by atoms with Crippen LogP contribution < -0.4 is 5.73 Å². The van der Waals surface area contributed by atoms with E-state index >= 15 is 0 Å². The summed E-state index contributed by atoms with van der Waals surface area (Å²) in [6.45, 7) is 0. The molecule has 3 aromatic rings. The van der Waals surface area contributed by atoms with Crippen LogP contribution in [0.4, 0.5) is 14.6 Å². The average molecular weight is 379 g/mol. The summed E-state index contributed by atoms with van der Waals surface area (Å²) >= 11 is 0. The van der Waals surface area contributed by atoms with Crippen molar-refractivity contribution < 1.29 is 28.8 Å². The Morgan fingerprint density at radius 2 is 1.89 bits per heavy atom. The number of hydrogen-bond acceptors (Lipinski definition) is 8. The Morgan fingerprint density at radius 3 is 2.63 bits per heavy atom. The molecule has 1 aliphatic heterocycles. The molecule has 5 N–H and O–H groups in total. The summed E-state index contributed by atoms with van der Waals surface area (Å²) in [6.07, 6.45) is -4.37. The van der Waals surface area contributed by atoms with Gasteiger partial charge in [0.2, 0.25) is 0 Å². The summed E-state index contributed by atoms with van der Waals surface area (Å²) < 4.78 is 33.5. The number of hydrogen-bond donors (Lipinski definition) is 4. The maximum Gasteiger partial charge on any atom is 0.167 e. The molecule has 2 aromatic heterocycles. The van der Waals surface area contributed by atoms with Gasteiger partial charge in [-0.1, -0.05) is 6.07 Å². The number of halogens is 2. The molecular formula is C16H15F2N5O4. The maximum atomic E-state index is 13.4. The summed E-state index contributed by atoms with van der Waals surface area (Å²) in [6, 6.07) is 2.82. The highest BCUT2D eigenvalue weighted by molar-refractivity contribution is 5.81. The lowest BCUT2D eigenvalue weighted by Crippen LogP contribution is -2.34.